The lowest BCUT2D eigenvalue weighted by atomic mass is 9.81. The predicted octanol–water partition coefficient (Wildman–Crippen LogP) is 2.45. The Morgan fingerprint density at radius 1 is 1.29 bits per heavy atom. The molecule has 3 nitrogen and oxygen atoms in total. The van der Waals surface area contributed by atoms with Crippen LogP contribution in [0.4, 0.5) is 0 Å². The molecular formula is C14H16O3. The van der Waals surface area contributed by atoms with Crippen molar-refractivity contribution in [2.24, 2.45) is 0 Å². The van der Waals surface area contributed by atoms with Crippen molar-refractivity contribution in [2.45, 2.75) is 38.2 Å². The Morgan fingerprint density at radius 3 is 2.65 bits per heavy atom. The Morgan fingerprint density at radius 2 is 2.00 bits per heavy atom. The van der Waals surface area contributed by atoms with Crippen LogP contribution in [0.15, 0.2) is 30.3 Å². The van der Waals surface area contributed by atoms with E-state index in [1.165, 1.54) is 6.92 Å². The van der Waals surface area contributed by atoms with E-state index < -0.39 is 0 Å². The Hall–Kier alpha value is -1.64. The molecule has 1 aromatic carbocycles. The van der Waals surface area contributed by atoms with Crippen molar-refractivity contribution in [1.82, 2.24) is 0 Å². The van der Waals surface area contributed by atoms with Gasteiger partial charge in [0.25, 0.3) is 0 Å². The molecule has 0 amide bonds. The standard InChI is InChI=1S/C14H16O3/c1-10(15)17-14-8-7-12(16)9-13(14)11-5-3-2-4-6-11/h2-6,13-14H,7-9H2,1H3. The number of ketones is 1. The second-order valence-electron chi connectivity index (χ2n) is 4.45. The molecule has 1 aliphatic carbocycles. The van der Waals surface area contributed by atoms with Crippen LogP contribution < -0.4 is 0 Å². The molecule has 2 atom stereocenters. The molecule has 2 unspecified atom stereocenters. The molecule has 0 bridgehead atoms. The summed E-state index contributed by atoms with van der Waals surface area (Å²) in [7, 11) is 0. The zero-order valence-electron chi connectivity index (χ0n) is 9.89. The topological polar surface area (TPSA) is 43.4 Å². The van der Waals surface area contributed by atoms with Gasteiger partial charge in [0.15, 0.2) is 0 Å². The molecule has 90 valence electrons. The summed E-state index contributed by atoms with van der Waals surface area (Å²) < 4.78 is 5.32. The van der Waals surface area contributed by atoms with Crippen LogP contribution in [0, 0.1) is 0 Å². The van der Waals surface area contributed by atoms with Gasteiger partial charge < -0.3 is 4.74 Å². The van der Waals surface area contributed by atoms with Crippen LogP contribution in [0.2, 0.25) is 0 Å². The first-order valence-corrected chi connectivity index (χ1v) is 5.90. The molecular weight excluding hydrogens is 216 g/mol. The van der Waals surface area contributed by atoms with Gasteiger partial charge in [0.1, 0.15) is 11.9 Å². The fraction of sp³-hybridized carbons (Fsp3) is 0.429. The summed E-state index contributed by atoms with van der Waals surface area (Å²) in [6.07, 6.45) is 1.47. The maximum absolute atomic E-state index is 11.5. The number of Topliss-reactive ketones (excluding diaryl/α,β-unsaturated/α-hetero) is 1. The van der Waals surface area contributed by atoms with Gasteiger partial charge in [0.05, 0.1) is 0 Å². The van der Waals surface area contributed by atoms with E-state index in [-0.39, 0.29) is 23.8 Å². The molecule has 0 aromatic heterocycles. The summed E-state index contributed by atoms with van der Waals surface area (Å²) in [5.74, 6) is -0.00566. The van der Waals surface area contributed by atoms with Crippen LogP contribution in [0.1, 0.15) is 37.7 Å². The molecule has 2 rings (SSSR count). The summed E-state index contributed by atoms with van der Waals surface area (Å²) in [6, 6.07) is 9.80. The Bertz CT molecular complexity index is 411. The zero-order valence-corrected chi connectivity index (χ0v) is 9.89. The highest BCUT2D eigenvalue weighted by atomic mass is 16.5. The summed E-state index contributed by atoms with van der Waals surface area (Å²) in [4.78, 5) is 22.6. The van der Waals surface area contributed by atoms with Gasteiger partial charge in [-0.15, -0.1) is 0 Å². The summed E-state index contributed by atoms with van der Waals surface area (Å²) in [6.45, 7) is 1.42. The number of rotatable bonds is 2. The minimum Gasteiger partial charge on any atom is -0.462 e. The Labute approximate surface area is 101 Å². The van der Waals surface area contributed by atoms with Gasteiger partial charge >= 0.3 is 5.97 Å². The number of carbonyl (C=O) groups is 2. The van der Waals surface area contributed by atoms with Gasteiger partial charge in [-0.05, 0) is 12.0 Å². The normalized spacial score (nSPS) is 24.4. The highest BCUT2D eigenvalue weighted by Gasteiger charge is 2.32. The van der Waals surface area contributed by atoms with Gasteiger partial charge in [-0.2, -0.15) is 0 Å². The number of hydrogen-bond acceptors (Lipinski definition) is 3. The molecule has 0 heterocycles. The fourth-order valence-corrected chi connectivity index (χ4v) is 2.37. The smallest absolute Gasteiger partial charge is 0.302 e. The van der Waals surface area contributed by atoms with Crippen LogP contribution in [-0.4, -0.2) is 17.9 Å². The minimum absolute atomic E-state index is 0.0151. The van der Waals surface area contributed by atoms with Crippen molar-refractivity contribution < 1.29 is 14.3 Å². The van der Waals surface area contributed by atoms with Crippen molar-refractivity contribution in [3.8, 4) is 0 Å². The lowest BCUT2D eigenvalue weighted by Crippen LogP contribution is -2.31. The van der Waals surface area contributed by atoms with E-state index in [9.17, 15) is 9.59 Å². The zero-order chi connectivity index (χ0) is 12.3. The third kappa shape index (κ3) is 2.93. The van der Waals surface area contributed by atoms with E-state index in [0.29, 0.717) is 19.3 Å². The van der Waals surface area contributed by atoms with E-state index in [0.717, 1.165) is 5.56 Å². The van der Waals surface area contributed by atoms with Crippen LogP contribution in [0.25, 0.3) is 0 Å². The number of hydrogen-bond donors (Lipinski definition) is 0. The number of ether oxygens (including phenoxy) is 1. The van der Waals surface area contributed by atoms with E-state index in [1.807, 2.05) is 30.3 Å². The first-order valence-electron chi connectivity index (χ1n) is 5.90. The first-order chi connectivity index (χ1) is 8.16. The molecule has 0 aliphatic heterocycles. The molecule has 17 heavy (non-hydrogen) atoms. The van der Waals surface area contributed by atoms with Crippen molar-refractivity contribution in [3.05, 3.63) is 35.9 Å². The van der Waals surface area contributed by atoms with Crippen molar-refractivity contribution in [3.63, 3.8) is 0 Å². The molecule has 0 radical (unpaired) electrons. The second-order valence-corrected chi connectivity index (χ2v) is 4.45. The van der Waals surface area contributed by atoms with Gasteiger partial charge in [0.2, 0.25) is 0 Å². The fourth-order valence-electron chi connectivity index (χ4n) is 2.37. The third-order valence-electron chi connectivity index (χ3n) is 3.15. The number of esters is 1. The second kappa shape index (κ2) is 5.13. The number of benzene rings is 1. The average molecular weight is 232 g/mol. The maximum Gasteiger partial charge on any atom is 0.302 e. The molecule has 0 spiro atoms. The molecule has 1 aromatic rings. The predicted molar refractivity (Wildman–Crippen MR) is 63.6 cm³/mol. The Balaban J connectivity index is 2.19. The summed E-state index contributed by atoms with van der Waals surface area (Å²) in [5.41, 5.74) is 1.08. The molecule has 1 aliphatic rings. The molecule has 1 saturated carbocycles. The average Bonchev–Trinajstić information content (AvgIpc) is 2.32. The van der Waals surface area contributed by atoms with Crippen molar-refractivity contribution in [2.75, 3.05) is 0 Å². The van der Waals surface area contributed by atoms with E-state index in [4.69, 9.17) is 4.74 Å². The van der Waals surface area contributed by atoms with Crippen LogP contribution >= 0.6 is 0 Å². The van der Waals surface area contributed by atoms with Crippen molar-refractivity contribution >= 4 is 11.8 Å². The minimum atomic E-state index is -0.273. The summed E-state index contributed by atoms with van der Waals surface area (Å²) in [5, 5.41) is 0. The highest BCUT2D eigenvalue weighted by Crippen LogP contribution is 2.33. The van der Waals surface area contributed by atoms with Gasteiger partial charge in [-0.1, -0.05) is 30.3 Å². The van der Waals surface area contributed by atoms with Gasteiger partial charge in [-0.25, -0.2) is 0 Å². The molecule has 0 N–H and O–H groups in total. The molecule has 1 fully saturated rings. The number of carbonyl (C=O) groups excluding carboxylic acids is 2. The summed E-state index contributed by atoms with van der Waals surface area (Å²) >= 11 is 0. The third-order valence-corrected chi connectivity index (χ3v) is 3.15. The Kier molecular flexibility index (Phi) is 3.57. The van der Waals surface area contributed by atoms with E-state index >= 15 is 0 Å². The lowest BCUT2D eigenvalue weighted by Gasteiger charge is -2.30. The monoisotopic (exact) mass is 232 g/mol. The van der Waals surface area contributed by atoms with Crippen LogP contribution in [-0.2, 0) is 14.3 Å². The lowest BCUT2D eigenvalue weighted by molar-refractivity contribution is -0.150. The van der Waals surface area contributed by atoms with Crippen LogP contribution in [0.3, 0.4) is 0 Å². The SMILES string of the molecule is CC(=O)OC1CCC(=O)CC1c1ccccc1. The van der Waals surface area contributed by atoms with Gasteiger partial charge in [-0.3, -0.25) is 9.59 Å². The first kappa shape index (κ1) is 11.8. The maximum atomic E-state index is 11.5. The molecule has 0 saturated heterocycles. The molecule has 3 heteroatoms. The van der Waals surface area contributed by atoms with Gasteiger partial charge in [0, 0.05) is 25.7 Å². The largest absolute Gasteiger partial charge is 0.462 e. The van der Waals surface area contributed by atoms with E-state index in [1.54, 1.807) is 0 Å². The highest BCUT2D eigenvalue weighted by molar-refractivity contribution is 5.80. The van der Waals surface area contributed by atoms with Crippen molar-refractivity contribution in [1.29, 1.82) is 0 Å². The van der Waals surface area contributed by atoms with Crippen LogP contribution in [0.5, 0.6) is 0 Å². The quantitative estimate of drug-likeness (QED) is 0.736. The van der Waals surface area contributed by atoms with E-state index in [2.05, 4.69) is 0 Å².